The number of alkyl halides is 1. The van der Waals surface area contributed by atoms with Crippen molar-refractivity contribution < 1.29 is 4.79 Å². The molecule has 1 heterocycles. The normalized spacial score (nSPS) is 20.9. The summed E-state index contributed by atoms with van der Waals surface area (Å²) in [7, 11) is 0. The van der Waals surface area contributed by atoms with Gasteiger partial charge < -0.3 is 5.73 Å². The minimum absolute atomic E-state index is 0.0340. The van der Waals surface area contributed by atoms with E-state index in [1.807, 2.05) is 52.9 Å². The number of benzene rings is 1. The molecule has 1 unspecified atom stereocenters. The van der Waals surface area contributed by atoms with Gasteiger partial charge in [-0.05, 0) is 5.56 Å². The predicted molar refractivity (Wildman–Crippen MR) is 67.4 cm³/mol. The summed E-state index contributed by atoms with van der Waals surface area (Å²) in [5.41, 5.74) is 7.03. The lowest BCUT2D eigenvalue weighted by Crippen LogP contribution is -2.32. The van der Waals surface area contributed by atoms with Gasteiger partial charge >= 0.3 is 0 Å². The maximum atomic E-state index is 11.4. The second-order valence-corrected chi connectivity index (χ2v) is 4.28. The lowest BCUT2D eigenvalue weighted by atomic mass is 10.1. The smallest absolute Gasteiger partial charge is 0.268 e. The number of carbonyl (C=O) groups is 1. The molecule has 0 saturated heterocycles. The van der Waals surface area contributed by atoms with Crippen molar-refractivity contribution in [2.24, 2.45) is 15.7 Å². The molecule has 1 aliphatic rings. The zero-order valence-corrected chi connectivity index (χ0v) is 9.88. The van der Waals surface area contributed by atoms with Crippen LogP contribution < -0.4 is 5.73 Å². The van der Waals surface area contributed by atoms with Crippen molar-refractivity contribution in [3.8, 4) is 0 Å². The van der Waals surface area contributed by atoms with Crippen LogP contribution in [0.5, 0.6) is 0 Å². The van der Waals surface area contributed by atoms with E-state index in [1.165, 1.54) is 0 Å². The van der Waals surface area contributed by atoms with Crippen LogP contribution in [0.1, 0.15) is 5.56 Å². The number of halogens is 1. The van der Waals surface area contributed by atoms with Gasteiger partial charge in [-0.25, -0.2) is 4.99 Å². The van der Waals surface area contributed by atoms with Crippen molar-refractivity contribution in [1.82, 2.24) is 0 Å². The quantitative estimate of drug-likeness (QED) is 0.624. The number of hydrogen-bond donors (Lipinski definition) is 1. The van der Waals surface area contributed by atoms with Crippen LogP contribution in [-0.4, -0.2) is 21.5 Å². The highest BCUT2D eigenvalue weighted by molar-refractivity contribution is 14.1. The Labute approximate surface area is 100 Å². The number of aliphatic imine (C=N–C) groups is 2. The van der Waals surface area contributed by atoms with Crippen LogP contribution in [0.25, 0.3) is 0 Å². The third-order valence-corrected chi connectivity index (χ3v) is 3.11. The lowest BCUT2D eigenvalue weighted by Gasteiger charge is -2.14. The fourth-order valence-electron chi connectivity index (χ4n) is 1.31. The summed E-state index contributed by atoms with van der Waals surface area (Å²) in [5.74, 6) is -0.214. The van der Waals surface area contributed by atoms with Gasteiger partial charge in [0.15, 0.2) is 0 Å². The summed E-state index contributed by atoms with van der Waals surface area (Å²) in [4.78, 5) is 19.1. The number of rotatable bonds is 1. The van der Waals surface area contributed by atoms with Crippen molar-refractivity contribution in [3.63, 3.8) is 0 Å². The summed E-state index contributed by atoms with van der Waals surface area (Å²) in [6.07, 6.45) is 0. The molecular formula is C10H8IN3O. The zero-order valence-electron chi connectivity index (χ0n) is 7.72. The molecule has 0 fully saturated rings. The molecule has 0 aliphatic carbocycles. The molecule has 5 heteroatoms. The molecule has 1 amide bonds. The molecule has 1 aliphatic heterocycles. The van der Waals surface area contributed by atoms with Gasteiger partial charge in [0.25, 0.3) is 5.91 Å². The Kier molecular flexibility index (Phi) is 2.81. The van der Waals surface area contributed by atoms with Crippen molar-refractivity contribution in [1.29, 1.82) is 0 Å². The monoisotopic (exact) mass is 313 g/mol. The maximum absolute atomic E-state index is 11.4. The van der Waals surface area contributed by atoms with Gasteiger partial charge in [-0.2, -0.15) is 4.99 Å². The minimum Gasteiger partial charge on any atom is -0.368 e. The van der Waals surface area contributed by atoms with Gasteiger partial charge in [0.2, 0.25) is 5.96 Å². The standard InChI is InChI=1S/C10H8IN3O/c11-7-8(6-4-2-1-3-5-6)13-10(12)14-9(7)15/h1-5,7H,(H2,12,14,15). The molecule has 0 bridgehead atoms. The first-order chi connectivity index (χ1) is 7.18. The Bertz CT molecular complexity index is 453. The second kappa shape index (κ2) is 4.09. The molecule has 0 radical (unpaired) electrons. The Hall–Kier alpha value is -1.24. The van der Waals surface area contributed by atoms with Crippen LogP contribution in [0.15, 0.2) is 40.3 Å². The van der Waals surface area contributed by atoms with Crippen molar-refractivity contribution in [3.05, 3.63) is 35.9 Å². The molecule has 4 nitrogen and oxygen atoms in total. The number of amides is 1. The SMILES string of the molecule is NC1=NC(=O)C(I)C(c2ccccc2)=N1. The second-order valence-electron chi connectivity index (χ2n) is 3.03. The van der Waals surface area contributed by atoms with Crippen molar-refractivity contribution in [2.45, 2.75) is 3.92 Å². The topological polar surface area (TPSA) is 67.8 Å². The number of hydrogen-bond acceptors (Lipinski definition) is 3. The van der Waals surface area contributed by atoms with Gasteiger partial charge in [0.05, 0.1) is 5.71 Å². The Morgan fingerprint density at radius 2 is 1.87 bits per heavy atom. The Morgan fingerprint density at radius 3 is 2.53 bits per heavy atom. The summed E-state index contributed by atoms with van der Waals surface area (Å²) in [5, 5.41) is 0. The zero-order chi connectivity index (χ0) is 10.8. The first kappa shape index (κ1) is 10.3. The van der Waals surface area contributed by atoms with E-state index >= 15 is 0 Å². The van der Waals surface area contributed by atoms with E-state index in [9.17, 15) is 4.79 Å². The van der Waals surface area contributed by atoms with Crippen LogP contribution in [0, 0.1) is 0 Å². The predicted octanol–water partition coefficient (Wildman–Crippen LogP) is 1.13. The Morgan fingerprint density at radius 1 is 1.20 bits per heavy atom. The first-order valence-electron chi connectivity index (χ1n) is 4.34. The average Bonchev–Trinajstić information content (AvgIpc) is 2.24. The largest absolute Gasteiger partial charge is 0.368 e. The van der Waals surface area contributed by atoms with Crippen LogP contribution in [0.2, 0.25) is 0 Å². The van der Waals surface area contributed by atoms with Crippen LogP contribution in [0.3, 0.4) is 0 Å². The van der Waals surface area contributed by atoms with Gasteiger partial charge in [-0.1, -0.05) is 52.9 Å². The third-order valence-electron chi connectivity index (χ3n) is 1.99. The van der Waals surface area contributed by atoms with E-state index < -0.39 is 0 Å². The Balaban J connectivity index is 2.45. The molecule has 0 aromatic heterocycles. The first-order valence-corrected chi connectivity index (χ1v) is 5.59. The van der Waals surface area contributed by atoms with Gasteiger partial charge in [0.1, 0.15) is 3.92 Å². The summed E-state index contributed by atoms with van der Waals surface area (Å²) >= 11 is 2.02. The average molecular weight is 313 g/mol. The number of nitrogens with two attached hydrogens (primary N) is 1. The van der Waals surface area contributed by atoms with Gasteiger partial charge in [-0.3, -0.25) is 4.79 Å². The maximum Gasteiger partial charge on any atom is 0.268 e. The third kappa shape index (κ3) is 2.06. The fraction of sp³-hybridized carbons (Fsp3) is 0.100. The summed E-state index contributed by atoms with van der Waals surface area (Å²) in [6.45, 7) is 0. The van der Waals surface area contributed by atoms with E-state index in [1.54, 1.807) is 0 Å². The highest BCUT2D eigenvalue weighted by Crippen LogP contribution is 2.16. The molecule has 76 valence electrons. The van der Waals surface area contributed by atoms with Crippen molar-refractivity contribution >= 4 is 40.2 Å². The van der Waals surface area contributed by atoms with Gasteiger partial charge in [-0.15, -0.1) is 0 Å². The highest BCUT2D eigenvalue weighted by atomic mass is 127. The molecule has 2 N–H and O–H groups in total. The molecule has 0 spiro atoms. The van der Waals surface area contributed by atoms with E-state index in [4.69, 9.17) is 5.73 Å². The summed E-state index contributed by atoms with van der Waals surface area (Å²) in [6, 6.07) is 9.50. The van der Waals surface area contributed by atoms with E-state index in [0.29, 0.717) is 5.71 Å². The number of nitrogens with zero attached hydrogens (tertiary/aromatic N) is 2. The molecule has 1 atom stereocenters. The van der Waals surface area contributed by atoms with E-state index in [2.05, 4.69) is 9.98 Å². The van der Waals surface area contributed by atoms with Gasteiger partial charge in [0, 0.05) is 0 Å². The minimum atomic E-state index is -0.350. The number of guanidine groups is 1. The molecule has 15 heavy (non-hydrogen) atoms. The van der Waals surface area contributed by atoms with Crippen LogP contribution >= 0.6 is 22.6 Å². The van der Waals surface area contributed by atoms with Crippen LogP contribution in [0.4, 0.5) is 0 Å². The number of carbonyl (C=O) groups excluding carboxylic acids is 1. The summed E-state index contributed by atoms with van der Waals surface area (Å²) < 4.78 is -0.350. The molecule has 2 rings (SSSR count). The molecular weight excluding hydrogens is 305 g/mol. The molecule has 1 aromatic carbocycles. The van der Waals surface area contributed by atoms with Crippen molar-refractivity contribution in [2.75, 3.05) is 0 Å². The van der Waals surface area contributed by atoms with E-state index in [-0.39, 0.29) is 15.8 Å². The molecule has 0 saturated carbocycles. The van der Waals surface area contributed by atoms with E-state index in [0.717, 1.165) is 5.56 Å². The lowest BCUT2D eigenvalue weighted by molar-refractivity contribution is -0.116. The van der Waals surface area contributed by atoms with Crippen LogP contribution in [-0.2, 0) is 4.79 Å². The fourth-order valence-corrected chi connectivity index (χ4v) is 1.95. The molecule has 1 aromatic rings. The highest BCUT2D eigenvalue weighted by Gasteiger charge is 2.26.